The van der Waals surface area contributed by atoms with Crippen molar-refractivity contribution in [2.45, 2.75) is 6.04 Å². The normalized spacial score (nSPS) is 16.0. The predicted molar refractivity (Wildman–Crippen MR) is 106 cm³/mol. The first-order valence-electron chi connectivity index (χ1n) is 8.88. The van der Waals surface area contributed by atoms with Crippen LogP contribution in [0.5, 0.6) is 5.75 Å². The van der Waals surface area contributed by atoms with E-state index in [0.29, 0.717) is 21.4 Å². The summed E-state index contributed by atoms with van der Waals surface area (Å²) >= 11 is 12.4. The van der Waals surface area contributed by atoms with E-state index in [1.807, 2.05) is 30.3 Å². The summed E-state index contributed by atoms with van der Waals surface area (Å²) in [5.74, 6) is 0.148. The molecule has 0 spiro atoms. The third kappa shape index (κ3) is 5.14. The fourth-order valence-corrected chi connectivity index (χ4v) is 3.86. The number of morpholine rings is 1. The lowest BCUT2D eigenvalue weighted by Gasteiger charge is -2.28. The highest BCUT2D eigenvalue weighted by Crippen LogP contribution is 2.33. The van der Waals surface area contributed by atoms with Gasteiger partial charge in [0.2, 0.25) is 0 Å². The minimum Gasteiger partial charge on any atom is -0.494 e. The number of carbonyl (C=O) groups excluding carboxylic acids is 1. The van der Waals surface area contributed by atoms with Crippen LogP contribution in [-0.2, 0) is 4.74 Å². The summed E-state index contributed by atoms with van der Waals surface area (Å²) in [5, 5.41) is 3.75. The molecule has 2 aromatic rings. The number of hydrogen-bond donors (Lipinski definition) is 2. The third-order valence-corrected chi connectivity index (χ3v) is 5.23. The molecule has 1 aliphatic heterocycles. The maximum absolute atomic E-state index is 12.9. The van der Waals surface area contributed by atoms with Gasteiger partial charge in [-0.05, 0) is 17.7 Å². The first-order valence-corrected chi connectivity index (χ1v) is 9.64. The van der Waals surface area contributed by atoms with Crippen LogP contribution in [0.3, 0.4) is 0 Å². The Morgan fingerprint density at radius 3 is 2.41 bits per heavy atom. The Balaban J connectivity index is 1.79. The van der Waals surface area contributed by atoms with Crippen LogP contribution in [0.2, 0.25) is 10.0 Å². The molecule has 0 saturated carbocycles. The molecule has 1 atom stereocenters. The van der Waals surface area contributed by atoms with E-state index in [1.54, 1.807) is 12.1 Å². The molecule has 1 fully saturated rings. The Bertz CT molecular complexity index is 757. The fraction of sp³-hybridized carbons (Fsp3) is 0.350. The van der Waals surface area contributed by atoms with Gasteiger partial charge in [0, 0.05) is 5.56 Å². The highest BCUT2D eigenvalue weighted by atomic mass is 35.5. The standard InChI is InChI=1S/C20H22Cl2N2O3/c1-26-19-16(21)11-15(12-17(19)22)20(25)23-18(14-5-3-2-4-6-14)13-24-7-9-27-10-8-24/h2-6,11-12,18H,7-10,13H2,1H3,(H,23,25)/p+1/t18-/m0/s1. The smallest absolute Gasteiger partial charge is 0.252 e. The summed E-state index contributed by atoms with van der Waals surface area (Å²) in [6.07, 6.45) is 0. The summed E-state index contributed by atoms with van der Waals surface area (Å²) in [4.78, 5) is 14.3. The van der Waals surface area contributed by atoms with Gasteiger partial charge >= 0.3 is 0 Å². The number of hydrogen-bond acceptors (Lipinski definition) is 3. The van der Waals surface area contributed by atoms with E-state index < -0.39 is 0 Å². The summed E-state index contributed by atoms with van der Waals surface area (Å²) in [6.45, 7) is 4.14. The molecule has 0 radical (unpaired) electrons. The van der Waals surface area contributed by atoms with E-state index in [-0.39, 0.29) is 11.9 Å². The second kappa shape index (κ2) is 9.42. The summed E-state index contributed by atoms with van der Waals surface area (Å²) in [6, 6.07) is 13.0. The Labute approximate surface area is 169 Å². The number of quaternary nitrogens is 1. The van der Waals surface area contributed by atoms with Crippen molar-refractivity contribution < 1.29 is 19.2 Å². The number of halogens is 2. The Hall–Kier alpha value is -1.79. The second-order valence-corrected chi connectivity index (χ2v) is 7.29. The molecule has 3 rings (SSSR count). The average Bonchev–Trinajstić information content (AvgIpc) is 2.68. The number of benzene rings is 2. The Kier molecular flexibility index (Phi) is 6.96. The topological polar surface area (TPSA) is 52.0 Å². The molecule has 5 nitrogen and oxygen atoms in total. The zero-order valence-electron chi connectivity index (χ0n) is 15.1. The minimum absolute atomic E-state index is 0.119. The average molecular weight is 410 g/mol. The molecule has 1 heterocycles. The quantitative estimate of drug-likeness (QED) is 0.769. The number of carbonyl (C=O) groups is 1. The maximum Gasteiger partial charge on any atom is 0.252 e. The maximum atomic E-state index is 12.9. The van der Waals surface area contributed by atoms with Crippen molar-refractivity contribution >= 4 is 29.1 Å². The van der Waals surface area contributed by atoms with Crippen LogP contribution in [0.15, 0.2) is 42.5 Å². The zero-order valence-corrected chi connectivity index (χ0v) is 16.6. The van der Waals surface area contributed by atoms with E-state index in [0.717, 1.165) is 38.4 Å². The molecule has 27 heavy (non-hydrogen) atoms. The van der Waals surface area contributed by atoms with E-state index in [4.69, 9.17) is 32.7 Å². The zero-order chi connectivity index (χ0) is 19.2. The molecular formula is C20H23Cl2N2O3+. The highest BCUT2D eigenvalue weighted by Gasteiger charge is 2.24. The molecule has 2 N–H and O–H groups in total. The molecule has 1 aliphatic rings. The fourth-order valence-electron chi connectivity index (χ4n) is 3.22. The number of nitrogens with one attached hydrogen (secondary N) is 2. The first-order chi connectivity index (χ1) is 13.1. The van der Waals surface area contributed by atoms with Gasteiger partial charge in [-0.1, -0.05) is 53.5 Å². The van der Waals surface area contributed by atoms with Crippen LogP contribution in [0.1, 0.15) is 22.0 Å². The van der Waals surface area contributed by atoms with Gasteiger partial charge in [0.05, 0.1) is 30.4 Å². The van der Waals surface area contributed by atoms with Crippen molar-refractivity contribution in [3.63, 3.8) is 0 Å². The first kappa shape index (κ1) is 20.0. The number of methoxy groups -OCH3 is 1. The van der Waals surface area contributed by atoms with E-state index >= 15 is 0 Å². The van der Waals surface area contributed by atoms with Crippen molar-refractivity contribution in [1.29, 1.82) is 0 Å². The van der Waals surface area contributed by atoms with Crippen LogP contribution < -0.4 is 15.0 Å². The molecular weight excluding hydrogens is 387 g/mol. The van der Waals surface area contributed by atoms with Crippen molar-refractivity contribution in [3.05, 3.63) is 63.6 Å². The lowest BCUT2D eigenvalue weighted by molar-refractivity contribution is -0.909. The van der Waals surface area contributed by atoms with Crippen molar-refractivity contribution in [3.8, 4) is 5.75 Å². The molecule has 0 bridgehead atoms. The van der Waals surface area contributed by atoms with Crippen molar-refractivity contribution in [2.24, 2.45) is 0 Å². The molecule has 1 amide bonds. The van der Waals surface area contributed by atoms with Gasteiger partial charge in [-0.3, -0.25) is 4.79 Å². The van der Waals surface area contributed by atoms with Gasteiger partial charge in [-0.25, -0.2) is 0 Å². The predicted octanol–water partition coefficient (Wildman–Crippen LogP) is 2.39. The van der Waals surface area contributed by atoms with Gasteiger partial charge in [0.15, 0.2) is 5.75 Å². The number of rotatable bonds is 6. The van der Waals surface area contributed by atoms with E-state index in [1.165, 1.54) is 12.0 Å². The molecule has 7 heteroatoms. The van der Waals surface area contributed by atoms with E-state index in [9.17, 15) is 4.79 Å². The molecule has 0 aliphatic carbocycles. The summed E-state index contributed by atoms with van der Waals surface area (Å²) in [5.41, 5.74) is 1.47. The summed E-state index contributed by atoms with van der Waals surface area (Å²) < 4.78 is 10.6. The lowest BCUT2D eigenvalue weighted by Crippen LogP contribution is -3.14. The third-order valence-electron chi connectivity index (χ3n) is 4.66. The number of ether oxygens (including phenoxy) is 2. The van der Waals surface area contributed by atoms with Gasteiger partial charge in [0.1, 0.15) is 25.7 Å². The van der Waals surface area contributed by atoms with Crippen LogP contribution >= 0.6 is 23.2 Å². The van der Waals surface area contributed by atoms with Gasteiger partial charge < -0.3 is 19.7 Å². The SMILES string of the molecule is COc1c(Cl)cc(C(=O)N[C@@H](C[NH+]2CCOCC2)c2ccccc2)cc1Cl. The second-order valence-electron chi connectivity index (χ2n) is 6.48. The van der Waals surface area contributed by atoms with Gasteiger partial charge in [-0.15, -0.1) is 0 Å². The van der Waals surface area contributed by atoms with Crippen LogP contribution in [-0.4, -0.2) is 45.9 Å². The van der Waals surface area contributed by atoms with Gasteiger partial charge in [-0.2, -0.15) is 0 Å². The molecule has 144 valence electrons. The molecule has 0 unspecified atom stereocenters. The van der Waals surface area contributed by atoms with Gasteiger partial charge in [0.25, 0.3) is 5.91 Å². The minimum atomic E-state index is -0.219. The summed E-state index contributed by atoms with van der Waals surface area (Å²) in [7, 11) is 1.49. The number of amides is 1. The van der Waals surface area contributed by atoms with Crippen molar-refractivity contribution in [1.82, 2.24) is 5.32 Å². The monoisotopic (exact) mass is 409 g/mol. The Morgan fingerprint density at radius 2 is 1.81 bits per heavy atom. The Morgan fingerprint density at radius 1 is 1.19 bits per heavy atom. The molecule has 1 saturated heterocycles. The van der Waals surface area contributed by atoms with Crippen molar-refractivity contribution in [2.75, 3.05) is 40.0 Å². The van der Waals surface area contributed by atoms with E-state index in [2.05, 4.69) is 5.32 Å². The molecule has 2 aromatic carbocycles. The largest absolute Gasteiger partial charge is 0.494 e. The van der Waals surface area contributed by atoms with Crippen LogP contribution in [0, 0.1) is 0 Å². The van der Waals surface area contributed by atoms with Crippen LogP contribution in [0.25, 0.3) is 0 Å². The highest BCUT2D eigenvalue weighted by molar-refractivity contribution is 6.37. The lowest BCUT2D eigenvalue weighted by atomic mass is 10.1. The molecule has 0 aromatic heterocycles. The van der Waals surface area contributed by atoms with Crippen LogP contribution in [0.4, 0.5) is 0 Å².